The van der Waals surface area contributed by atoms with Crippen LogP contribution in [0.4, 0.5) is 13.2 Å². The maximum absolute atomic E-state index is 12.7. The first-order chi connectivity index (χ1) is 11.6. The Morgan fingerprint density at radius 1 is 1.16 bits per heavy atom. The second-order valence-corrected chi connectivity index (χ2v) is 5.31. The molecule has 9 heteroatoms. The van der Waals surface area contributed by atoms with Crippen LogP contribution in [0, 0.1) is 5.92 Å². The smallest absolute Gasteiger partial charge is 0.416 e. The van der Waals surface area contributed by atoms with Gasteiger partial charge in [-0.2, -0.15) is 13.2 Å². The number of methoxy groups -OCH3 is 2. The summed E-state index contributed by atoms with van der Waals surface area (Å²) in [4.78, 5) is 35.4. The molecule has 0 saturated carbocycles. The van der Waals surface area contributed by atoms with Gasteiger partial charge >= 0.3 is 18.1 Å². The molecule has 1 aromatic rings. The van der Waals surface area contributed by atoms with Gasteiger partial charge < -0.3 is 14.8 Å². The molecule has 6 nitrogen and oxygen atoms in total. The maximum Gasteiger partial charge on any atom is 0.416 e. The number of benzene rings is 1. The van der Waals surface area contributed by atoms with Crippen molar-refractivity contribution in [3.63, 3.8) is 0 Å². The molecule has 0 heterocycles. The van der Waals surface area contributed by atoms with Crippen LogP contribution >= 0.6 is 0 Å². The predicted molar refractivity (Wildman–Crippen MR) is 80.5 cm³/mol. The number of alkyl halides is 3. The molecule has 138 valence electrons. The van der Waals surface area contributed by atoms with Crippen molar-refractivity contribution in [1.82, 2.24) is 5.32 Å². The number of hydrogen-bond acceptors (Lipinski definition) is 5. The molecule has 0 fully saturated rings. The highest BCUT2D eigenvalue weighted by molar-refractivity contribution is 5.97. The fourth-order valence-electron chi connectivity index (χ4n) is 2.09. The fourth-order valence-corrected chi connectivity index (χ4v) is 2.09. The van der Waals surface area contributed by atoms with E-state index in [-0.39, 0.29) is 12.0 Å². The number of carbonyl (C=O) groups excluding carboxylic acids is 3. The third kappa shape index (κ3) is 5.77. The number of halogens is 3. The van der Waals surface area contributed by atoms with Gasteiger partial charge in [-0.05, 0) is 24.1 Å². The molecule has 0 aliphatic heterocycles. The Hall–Kier alpha value is -2.58. The Morgan fingerprint density at radius 2 is 1.80 bits per heavy atom. The van der Waals surface area contributed by atoms with Crippen LogP contribution in [0.15, 0.2) is 24.3 Å². The molecule has 2 atom stereocenters. The molecule has 1 aromatic carbocycles. The second-order valence-electron chi connectivity index (χ2n) is 5.31. The van der Waals surface area contributed by atoms with Crippen molar-refractivity contribution in [3.8, 4) is 0 Å². The lowest BCUT2D eigenvalue weighted by molar-refractivity contribution is -0.146. The molecule has 0 saturated heterocycles. The van der Waals surface area contributed by atoms with Gasteiger partial charge in [-0.15, -0.1) is 0 Å². The first-order valence-electron chi connectivity index (χ1n) is 7.23. The molecule has 1 N–H and O–H groups in total. The summed E-state index contributed by atoms with van der Waals surface area (Å²) in [6.07, 6.45) is -4.78. The first-order valence-corrected chi connectivity index (χ1v) is 7.23. The summed E-state index contributed by atoms with van der Waals surface area (Å²) in [5.41, 5.74) is -1.26. The number of carbonyl (C=O) groups is 3. The molecule has 0 aliphatic carbocycles. The lowest BCUT2D eigenvalue weighted by Gasteiger charge is -2.22. The molecule has 0 aliphatic rings. The largest absolute Gasteiger partial charge is 0.469 e. The van der Waals surface area contributed by atoms with Crippen LogP contribution in [0.1, 0.15) is 29.3 Å². The Kier molecular flexibility index (Phi) is 6.96. The van der Waals surface area contributed by atoms with Crippen molar-refractivity contribution >= 4 is 17.8 Å². The predicted octanol–water partition coefficient (Wildman–Crippen LogP) is 2.18. The van der Waals surface area contributed by atoms with Crippen molar-refractivity contribution in [1.29, 1.82) is 0 Å². The van der Waals surface area contributed by atoms with Crippen molar-refractivity contribution in [2.24, 2.45) is 5.92 Å². The molecule has 1 amide bonds. The zero-order valence-corrected chi connectivity index (χ0v) is 13.8. The molecule has 0 radical (unpaired) electrons. The van der Waals surface area contributed by atoms with E-state index in [4.69, 9.17) is 0 Å². The number of ether oxygens (including phenoxy) is 2. The first kappa shape index (κ1) is 20.5. The molecule has 0 spiro atoms. The van der Waals surface area contributed by atoms with E-state index in [1.807, 2.05) is 0 Å². The number of nitrogens with one attached hydrogen (secondary N) is 1. The average Bonchev–Trinajstić information content (AvgIpc) is 2.57. The summed E-state index contributed by atoms with van der Waals surface area (Å²) in [5.74, 6) is -3.00. The van der Waals surface area contributed by atoms with Gasteiger partial charge in [-0.25, -0.2) is 4.79 Å². The standard InChI is InChI=1S/C16H18F3NO5/c1-9(7-12(21)24-2)13(15(23)25-3)20-14(22)10-5-4-6-11(8-10)16(17,18)19/h4-6,8-9,13H,7H2,1-3H3,(H,20,22)/t9-,13+/m1/s1. The molecule has 1 rings (SSSR count). The summed E-state index contributed by atoms with van der Waals surface area (Å²) < 4.78 is 47.3. The lowest BCUT2D eigenvalue weighted by Crippen LogP contribution is -2.46. The van der Waals surface area contributed by atoms with Crippen LogP contribution < -0.4 is 5.32 Å². The molecular weight excluding hydrogens is 343 g/mol. The molecule has 25 heavy (non-hydrogen) atoms. The minimum Gasteiger partial charge on any atom is -0.469 e. The maximum atomic E-state index is 12.7. The number of esters is 2. The number of amides is 1. The topological polar surface area (TPSA) is 81.7 Å². The summed E-state index contributed by atoms with van der Waals surface area (Å²) in [7, 11) is 2.26. The minimum atomic E-state index is -4.60. The van der Waals surface area contributed by atoms with E-state index < -0.39 is 41.5 Å². The summed E-state index contributed by atoms with van der Waals surface area (Å²) in [6.45, 7) is 1.50. The van der Waals surface area contributed by atoms with Crippen LogP contribution in [0.25, 0.3) is 0 Å². The Balaban J connectivity index is 2.99. The second kappa shape index (κ2) is 8.50. The van der Waals surface area contributed by atoms with E-state index in [0.29, 0.717) is 6.07 Å². The molecule has 0 aromatic heterocycles. The Labute approximate surface area is 142 Å². The quantitative estimate of drug-likeness (QED) is 0.786. The SMILES string of the molecule is COC(=O)C[C@@H](C)[C@H](NC(=O)c1cccc(C(F)(F)F)c1)C(=O)OC. The van der Waals surface area contributed by atoms with Crippen molar-refractivity contribution in [2.75, 3.05) is 14.2 Å². The molecule has 0 bridgehead atoms. The van der Waals surface area contributed by atoms with Crippen molar-refractivity contribution in [3.05, 3.63) is 35.4 Å². The highest BCUT2D eigenvalue weighted by atomic mass is 19.4. The van der Waals surface area contributed by atoms with Gasteiger partial charge in [0.25, 0.3) is 5.91 Å². The van der Waals surface area contributed by atoms with Crippen molar-refractivity contribution in [2.45, 2.75) is 25.6 Å². The summed E-state index contributed by atoms with van der Waals surface area (Å²) >= 11 is 0. The van der Waals surface area contributed by atoms with E-state index in [0.717, 1.165) is 19.2 Å². The monoisotopic (exact) mass is 361 g/mol. The zero-order chi connectivity index (χ0) is 19.2. The number of hydrogen-bond donors (Lipinski definition) is 1. The Morgan fingerprint density at radius 3 is 2.32 bits per heavy atom. The van der Waals surface area contributed by atoms with Gasteiger partial charge in [-0.3, -0.25) is 9.59 Å². The zero-order valence-electron chi connectivity index (χ0n) is 13.8. The van der Waals surface area contributed by atoms with E-state index >= 15 is 0 Å². The van der Waals surface area contributed by atoms with Gasteiger partial charge in [0.1, 0.15) is 6.04 Å². The minimum absolute atomic E-state index is 0.181. The third-order valence-electron chi connectivity index (χ3n) is 3.48. The van der Waals surface area contributed by atoms with Gasteiger partial charge in [0.05, 0.1) is 26.2 Å². The van der Waals surface area contributed by atoms with E-state index in [1.165, 1.54) is 20.1 Å². The van der Waals surface area contributed by atoms with Gasteiger partial charge in [0.2, 0.25) is 0 Å². The number of rotatable bonds is 6. The van der Waals surface area contributed by atoms with E-state index in [9.17, 15) is 27.6 Å². The summed E-state index contributed by atoms with van der Waals surface area (Å²) in [5, 5.41) is 2.30. The van der Waals surface area contributed by atoms with Crippen LogP contribution in [0.2, 0.25) is 0 Å². The van der Waals surface area contributed by atoms with Crippen molar-refractivity contribution < 1.29 is 37.0 Å². The van der Waals surface area contributed by atoms with Crippen LogP contribution in [-0.4, -0.2) is 38.1 Å². The van der Waals surface area contributed by atoms with Crippen LogP contribution in [-0.2, 0) is 25.2 Å². The van der Waals surface area contributed by atoms with E-state index in [2.05, 4.69) is 14.8 Å². The summed E-state index contributed by atoms with van der Waals surface area (Å²) in [6, 6.07) is 2.56. The third-order valence-corrected chi connectivity index (χ3v) is 3.48. The lowest BCUT2D eigenvalue weighted by atomic mass is 9.97. The highest BCUT2D eigenvalue weighted by Gasteiger charge is 2.32. The van der Waals surface area contributed by atoms with Crippen LogP contribution in [0.3, 0.4) is 0 Å². The van der Waals surface area contributed by atoms with Gasteiger partial charge in [0, 0.05) is 5.56 Å². The normalized spacial score (nSPS) is 13.5. The highest BCUT2D eigenvalue weighted by Crippen LogP contribution is 2.29. The fraction of sp³-hybridized carbons (Fsp3) is 0.438. The van der Waals surface area contributed by atoms with E-state index in [1.54, 1.807) is 0 Å². The Bertz CT molecular complexity index is 645. The van der Waals surface area contributed by atoms with Crippen LogP contribution in [0.5, 0.6) is 0 Å². The molecular formula is C16H18F3NO5. The van der Waals surface area contributed by atoms with Gasteiger partial charge in [0.15, 0.2) is 0 Å². The average molecular weight is 361 g/mol. The molecule has 0 unspecified atom stereocenters. The van der Waals surface area contributed by atoms with Gasteiger partial charge in [-0.1, -0.05) is 13.0 Å².